The monoisotopic (exact) mass is 383 g/mol. The SMILES string of the molecule is CCCCCCCCC[PH+](CCCCCCCCC)C1(F)C=CC=CC1. The van der Waals surface area contributed by atoms with Gasteiger partial charge in [0.2, 0.25) is 5.41 Å². The van der Waals surface area contributed by atoms with Gasteiger partial charge in [-0.15, -0.1) is 0 Å². The molecule has 0 aromatic heterocycles. The van der Waals surface area contributed by atoms with Gasteiger partial charge in [0.1, 0.15) is 0 Å². The fourth-order valence-electron chi connectivity index (χ4n) is 3.99. The molecule has 0 N–H and O–H groups in total. The first kappa shape index (κ1) is 23.9. The Balaban J connectivity index is 2.28. The summed E-state index contributed by atoms with van der Waals surface area (Å²) >= 11 is 0. The van der Waals surface area contributed by atoms with E-state index in [1.54, 1.807) is 0 Å². The van der Waals surface area contributed by atoms with Crippen molar-refractivity contribution in [3.8, 4) is 0 Å². The zero-order chi connectivity index (χ0) is 18.9. The van der Waals surface area contributed by atoms with Crippen LogP contribution >= 0.6 is 7.92 Å². The van der Waals surface area contributed by atoms with Crippen molar-refractivity contribution in [2.45, 2.75) is 116 Å². The molecule has 26 heavy (non-hydrogen) atoms. The largest absolute Gasteiger partial charge is 0.234 e. The molecular weight excluding hydrogens is 338 g/mol. The Morgan fingerprint density at radius 1 is 0.692 bits per heavy atom. The fraction of sp³-hybridized carbons (Fsp3) is 0.833. The number of allylic oxidation sites excluding steroid dienone is 4. The van der Waals surface area contributed by atoms with Gasteiger partial charge < -0.3 is 0 Å². The lowest BCUT2D eigenvalue weighted by atomic mass is 10.1. The average molecular weight is 384 g/mol. The zero-order valence-electron chi connectivity index (χ0n) is 17.7. The van der Waals surface area contributed by atoms with Gasteiger partial charge in [-0.1, -0.05) is 96.3 Å². The highest BCUT2D eigenvalue weighted by Gasteiger charge is 2.42. The molecule has 0 spiro atoms. The van der Waals surface area contributed by atoms with E-state index in [9.17, 15) is 0 Å². The van der Waals surface area contributed by atoms with Crippen LogP contribution in [-0.2, 0) is 0 Å². The molecule has 0 heterocycles. The van der Waals surface area contributed by atoms with Crippen LogP contribution in [0.5, 0.6) is 0 Å². The highest BCUT2D eigenvalue weighted by atomic mass is 31.1. The standard InChI is InChI=1S/C24H44FP/c1-3-5-7-9-11-13-18-22-26(24(25)20-16-15-17-21-24)23-19-14-12-10-8-6-4-2/h15-17,20H,3-14,18-19,21-23H2,1-2H3/p+1. The molecule has 1 aliphatic carbocycles. The third kappa shape index (κ3) is 10.9. The maximum atomic E-state index is 15.5. The Kier molecular flexibility index (Phi) is 14.6. The molecule has 0 aliphatic heterocycles. The average Bonchev–Trinajstić information content (AvgIpc) is 2.65. The molecule has 1 unspecified atom stereocenters. The lowest BCUT2D eigenvalue weighted by Gasteiger charge is -2.26. The second kappa shape index (κ2) is 15.9. The highest BCUT2D eigenvalue weighted by molar-refractivity contribution is 7.59. The first-order valence-corrected chi connectivity index (χ1v) is 13.5. The Labute approximate surface area is 164 Å². The van der Waals surface area contributed by atoms with Gasteiger partial charge in [0.05, 0.1) is 12.3 Å². The summed E-state index contributed by atoms with van der Waals surface area (Å²) in [5.74, 6) is 0. The van der Waals surface area contributed by atoms with Crippen molar-refractivity contribution in [1.29, 1.82) is 0 Å². The van der Waals surface area contributed by atoms with E-state index in [0.717, 1.165) is 0 Å². The van der Waals surface area contributed by atoms with Gasteiger partial charge in [-0.3, -0.25) is 0 Å². The zero-order valence-corrected chi connectivity index (χ0v) is 18.7. The molecule has 0 nitrogen and oxygen atoms in total. The minimum atomic E-state index is -0.982. The van der Waals surface area contributed by atoms with Gasteiger partial charge in [-0.05, 0) is 31.8 Å². The van der Waals surface area contributed by atoms with Crippen molar-refractivity contribution >= 4 is 7.92 Å². The van der Waals surface area contributed by atoms with Crippen LogP contribution in [0.1, 0.15) is 110 Å². The van der Waals surface area contributed by atoms with Crippen LogP contribution in [0.25, 0.3) is 0 Å². The summed E-state index contributed by atoms with van der Waals surface area (Å²) < 4.78 is 15.5. The number of halogens is 1. The summed E-state index contributed by atoms with van der Waals surface area (Å²) in [7, 11) is -0.943. The number of hydrogen-bond donors (Lipinski definition) is 0. The van der Waals surface area contributed by atoms with E-state index < -0.39 is 13.3 Å². The summed E-state index contributed by atoms with van der Waals surface area (Å²) in [5.41, 5.74) is 0. The first-order chi connectivity index (χ1) is 12.7. The summed E-state index contributed by atoms with van der Waals surface area (Å²) in [4.78, 5) is 0. The Hall–Kier alpha value is -0.160. The topological polar surface area (TPSA) is 0 Å². The molecule has 152 valence electrons. The Bertz CT molecular complexity index is 358. The molecule has 0 amide bonds. The molecule has 0 saturated carbocycles. The van der Waals surface area contributed by atoms with E-state index >= 15 is 4.39 Å². The fourth-order valence-corrected chi connectivity index (χ4v) is 7.16. The number of alkyl halides is 1. The molecular formula is C24H45FP+. The molecule has 1 rings (SSSR count). The second-order valence-electron chi connectivity index (χ2n) is 8.20. The minimum Gasteiger partial charge on any atom is -0.195 e. The number of unbranched alkanes of at least 4 members (excludes halogenated alkanes) is 12. The maximum absolute atomic E-state index is 15.5. The molecule has 0 saturated heterocycles. The van der Waals surface area contributed by atoms with Gasteiger partial charge in [0.15, 0.2) is 0 Å². The predicted octanol–water partition coefficient (Wildman–Crippen LogP) is 8.88. The van der Waals surface area contributed by atoms with Crippen molar-refractivity contribution in [3.63, 3.8) is 0 Å². The molecule has 0 aromatic carbocycles. The highest BCUT2D eigenvalue weighted by Crippen LogP contribution is 2.56. The summed E-state index contributed by atoms with van der Waals surface area (Å²) in [6, 6.07) is 0. The van der Waals surface area contributed by atoms with Crippen LogP contribution in [0.15, 0.2) is 24.3 Å². The Morgan fingerprint density at radius 2 is 1.15 bits per heavy atom. The lowest BCUT2D eigenvalue weighted by Crippen LogP contribution is -2.21. The number of hydrogen-bond acceptors (Lipinski definition) is 0. The molecule has 1 aliphatic rings. The van der Waals surface area contributed by atoms with E-state index in [1.807, 2.05) is 24.3 Å². The van der Waals surface area contributed by atoms with Crippen molar-refractivity contribution in [2.75, 3.05) is 12.3 Å². The van der Waals surface area contributed by atoms with E-state index in [2.05, 4.69) is 13.8 Å². The smallest absolute Gasteiger partial charge is 0.195 e. The Morgan fingerprint density at radius 3 is 1.58 bits per heavy atom. The summed E-state index contributed by atoms with van der Waals surface area (Å²) in [6.45, 7) is 4.54. The van der Waals surface area contributed by atoms with Crippen LogP contribution in [0, 0.1) is 0 Å². The van der Waals surface area contributed by atoms with Crippen molar-refractivity contribution < 1.29 is 4.39 Å². The molecule has 0 fully saturated rings. The van der Waals surface area contributed by atoms with Crippen LogP contribution < -0.4 is 0 Å². The molecule has 0 aromatic rings. The first-order valence-electron chi connectivity index (χ1n) is 11.6. The molecule has 0 bridgehead atoms. The van der Waals surface area contributed by atoms with Gasteiger partial charge in [-0.2, -0.15) is 4.39 Å². The van der Waals surface area contributed by atoms with E-state index in [-0.39, 0.29) is 0 Å². The van der Waals surface area contributed by atoms with Gasteiger partial charge in [0, 0.05) is 14.3 Å². The van der Waals surface area contributed by atoms with Gasteiger partial charge >= 0.3 is 0 Å². The number of rotatable bonds is 17. The van der Waals surface area contributed by atoms with E-state index in [0.29, 0.717) is 6.42 Å². The summed E-state index contributed by atoms with van der Waals surface area (Å²) in [5, 5.41) is -0.982. The molecule has 2 heteroatoms. The maximum Gasteiger partial charge on any atom is 0.234 e. The quantitative estimate of drug-likeness (QED) is 0.174. The van der Waals surface area contributed by atoms with Crippen molar-refractivity contribution in [2.24, 2.45) is 0 Å². The van der Waals surface area contributed by atoms with Crippen LogP contribution in [0.4, 0.5) is 4.39 Å². The van der Waals surface area contributed by atoms with Crippen molar-refractivity contribution in [1.82, 2.24) is 0 Å². The van der Waals surface area contributed by atoms with E-state index in [1.165, 1.54) is 102 Å². The summed E-state index contributed by atoms with van der Waals surface area (Å²) in [6.07, 6.45) is 29.6. The minimum absolute atomic E-state index is 0.630. The third-order valence-corrected chi connectivity index (χ3v) is 9.23. The predicted molar refractivity (Wildman–Crippen MR) is 121 cm³/mol. The van der Waals surface area contributed by atoms with Gasteiger partial charge in [-0.25, -0.2) is 0 Å². The van der Waals surface area contributed by atoms with Crippen LogP contribution in [0.3, 0.4) is 0 Å². The second-order valence-corrected chi connectivity index (χ2v) is 11.2. The van der Waals surface area contributed by atoms with Crippen LogP contribution in [-0.4, -0.2) is 17.7 Å². The van der Waals surface area contributed by atoms with Crippen molar-refractivity contribution in [3.05, 3.63) is 24.3 Å². The van der Waals surface area contributed by atoms with E-state index in [4.69, 9.17) is 0 Å². The van der Waals surface area contributed by atoms with Gasteiger partial charge in [0.25, 0.3) is 0 Å². The lowest BCUT2D eigenvalue weighted by molar-refractivity contribution is 0.346. The molecule has 1 atom stereocenters. The third-order valence-electron chi connectivity index (χ3n) is 5.77. The normalized spacial score (nSPS) is 19.5. The molecule has 0 radical (unpaired) electrons. The van der Waals surface area contributed by atoms with Crippen LogP contribution in [0.2, 0.25) is 0 Å².